The fourth-order valence-electron chi connectivity index (χ4n) is 7.01. The molecular formula is C40H62N8O3Si. The molecule has 4 aromatic rings. The summed E-state index contributed by atoms with van der Waals surface area (Å²) in [5, 5.41) is 0. The number of nitrogens with zero attached hydrogens (tertiary/aromatic N) is 7. The van der Waals surface area contributed by atoms with Crippen molar-refractivity contribution in [3.8, 4) is 0 Å². The Morgan fingerprint density at radius 3 is 1.83 bits per heavy atom. The Balaban J connectivity index is 0.000000210. The number of anilines is 2. The van der Waals surface area contributed by atoms with Crippen molar-refractivity contribution < 1.29 is 14.3 Å². The van der Waals surface area contributed by atoms with Crippen molar-refractivity contribution >= 4 is 53.6 Å². The Hall–Kier alpha value is -3.64. The SMILES string of the molecule is CN(c1cnc2[nH]cc(C(=O)C(C)(C)C)c2n1)C1CCCC1.CN(c1cnc2c(n1)c(C(=O)C(C)(C)C)cn2COCC[Si](C)(C)C)C1CCCC1. The third-order valence-electron chi connectivity index (χ3n) is 10.5. The van der Waals surface area contributed by atoms with Crippen molar-refractivity contribution in [2.24, 2.45) is 10.8 Å². The number of rotatable bonds is 11. The van der Waals surface area contributed by atoms with Crippen molar-refractivity contribution in [2.75, 3.05) is 30.5 Å². The van der Waals surface area contributed by atoms with Gasteiger partial charge in [-0.1, -0.05) is 86.9 Å². The van der Waals surface area contributed by atoms with E-state index in [9.17, 15) is 9.59 Å². The summed E-state index contributed by atoms with van der Waals surface area (Å²) in [7, 11) is 3.02. The summed E-state index contributed by atoms with van der Waals surface area (Å²) in [6.07, 6.45) is 17.1. The Labute approximate surface area is 311 Å². The lowest BCUT2D eigenvalue weighted by Gasteiger charge is -2.25. The third kappa shape index (κ3) is 9.28. The number of aromatic nitrogens is 6. The summed E-state index contributed by atoms with van der Waals surface area (Å²) in [4.78, 5) is 52.0. The monoisotopic (exact) mass is 730 g/mol. The number of hydrogen-bond donors (Lipinski definition) is 1. The average Bonchev–Trinajstić information content (AvgIpc) is 3.91. The van der Waals surface area contributed by atoms with Crippen LogP contribution in [0.1, 0.15) is 114 Å². The van der Waals surface area contributed by atoms with Crippen molar-refractivity contribution in [3.63, 3.8) is 0 Å². The molecule has 11 nitrogen and oxygen atoms in total. The lowest BCUT2D eigenvalue weighted by Crippen LogP contribution is -2.29. The number of H-pyrrole nitrogens is 1. The lowest BCUT2D eigenvalue weighted by molar-refractivity contribution is 0.0846. The first-order valence-electron chi connectivity index (χ1n) is 19.2. The minimum atomic E-state index is -1.14. The van der Waals surface area contributed by atoms with Gasteiger partial charge in [0, 0.05) is 64.1 Å². The molecule has 6 rings (SSSR count). The predicted molar refractivity (Wildman–Crippen MR) is 214 cm³/mol. The highest BCUT2D eigenvalue weighted by Gasteiger charge is 2.30. The first-order chi connectivity index (χ1) is 24.3. The average molecular weight is 731 g/mol. The van der Waals surface area contributed by atoms with Gasteiger partial charge in [-0.3, -0.25) is 9.59 Å². The van der Waals surface area contributed by atoms with Crippen molar-refractivity contribution in [1.82, 2.24) is 29.5 Å². The maximum atomic E-state index is 13.2. The molecule has 0 bridgehead atoms. The molecule has 284 valence electrons. The molecule has 2 aliphatic carbocycles. The number of carbonyl (C=O) groups is 2. The molecule has 2 aliphatic rings. The molecule has 0 atom stereocenters. The number of Topliss-reactive ketones (excluding diaryl/α,β-unsaturated/α-hetero) is 2. The fraction of sp³-hybridized carbons (Fsp3) is 0.650. The molecule has 4 heterocycles. The zero-order valence-electron chi connectivity index (χ0n) is 33.6. The molecule has 0 spiro atoms. The maximum Gasteiger partial charge on any atom is 0.171 e. The van der Waals surface area contributed by atoms with E-state index in [0.717, 1.165) is 29.9 Å². The molecule has 2 saturated carbocycles. The molecule has 0 radical (unpaired) electrons. The summed E-state index contributed by atoms with van der Waals surface area (Å²) in [5.41, 5.74) is 3.14. The van der Waals surface area contributed by atoms with Crippen LogP contribution < -0.4 is 9.80 Å². The molecular weight excluding hydrogens is 669 g/mol. The predicted octanol–water partition coefficient (Wildman–Crippen LogP) is 8.92. The van der Waals surface area contributed by atoms with Crippen LogP contribution in [0.5, 0.6) is 0 Å². The van der Waals surface area contributed by atoms with Crippen molar-refractivity contribution in [3.05, 3.63) is 35.9 Å². The second kappa shape index (κ2) is 15.8. The van der Waals surface area contributed by atoms with Gasteiger partial charge >= 0.3 is 0 Å². The second-order valence-electron chi connectivity index (χ2n) is 18.1. The van der Waals surface area contributed by atoms with Crippen molar-refractivity contribution in [1.29, 1.82) is 0 Å². The normalized spacial score (nSPS) is 16.1. The zero-order valence-corrected chi connectivity index (χ0v) is 34.6. The summed E-state index contributed by atoms with van der Waals surface area (Å²) >= 11 is 0. The quantitative estimate of drug-likeness (QED) is 0.0916. The van der Waals surface area contributed by atoms with Crippen LogP contribution in [-0.4, -0.2) is 81.9 Å². The van der Waals surface area contributed by atoms with Crippen LogP contribution in [0.25, 0.3) is 22.3 Å². The van der Waals surface area contributed by atoms with Gasteiger partial charge in [0.15, 0.2) is 22.9 Å². The summed E-state index contributed by atoms with van der Waals surface area (Å²) in [5.74, 6) is 1.87. The number of ether oxygens (including phenoxy) is 1. The molecule has 12 heteroatoms. The van der Waals surface area contributed by atoms with E-state index < -0.39 is 18.9 Å². The molecule has 2 fully saturated rings. The standard InChI is InChI=1S/C23H38N4O2Si.C17H24N4O/c1-23(2,3)21(28)18-15-27(16-29-12-13-30(5,6)7)22-20(18)25-19(14-24-22)26(4)17-10-8-9-11-17;1-17(2,3)15(22)12-9-18-16-14(12)20-13(10-19-16)21(4)11-7-5-6-8-11/h14-15,17H,8-13,16H2,1-7H3;9-11H,5-8H2,1-4H3,(H,18,19). The zero-order chi connectivity index (χ0) is 38.0. The van der Waals surface area contributed by atoms with Crippen LogP contribution in [0.15, 0.2) is 24.8 Å². The van der Waals surface area contributed by atoms with Crippen LogP contribution in [0.2, 0.25) is 25.7 Å². The number of hydrogen-bond acceptors (Lipinski definition) is 9. The molecule has 0 aliphatic heterocycles. The van der Waals surface area contributed by atoms with E-state index in [4.69, 9.17) is 19.7 Å². The van der Waals surface area contributed by atoms with Crippen LogP contribution in [-0.2, 0) is 11.5 Å². The van der Waals surface area contributed by atoms with E-state index in [1.807, 2.05) is 58.5 Å². The minimum absolute atomic E-state index is 0.0864. The van der Waals surface area contributed by atoms with Gasteiger partial charge in [-0.15, -0.1) is 0 Å². The molecule has 4 aromatic heterocycles. The van der Waals surface area contributed by atoms with Gasteiger partial charge in [-0.25, -0.2) is 19.9 Å². The minimum Gasteiger partial charge on any atom is -0.361 e. The Morgan fingerprint density at radius 2 is 1.31 bits per heavy atom. The molecule has 0 unspecified atom stereocenters. The first kappa shape index (κ1) is 39.6. The molecule has 0 amide bonds. The van der Waals surface area contributed by atoms with Gasteiger partial charge in [-0.2, -0.15) is 0 Å². The highest BCUT2D eigenvalue weighted by Crippen LogP contribution is 2.32. The number of carbonyl (C=O) groups excluding carboxylic acids is 2. The van der Waals surface area contributed by atoms with E-state index in [2.05, 4.69) is 53.5 Å². The van der Waals surface area contributed by atoms with Gasteiger partial charge in [-0.05, 0) is 31.7 Å². The van der Waals surface area contributed by atoms with Crippen LogP contribution in [0, 0.1) is 10.8 Å². The van der Waals surface area contributed by atoms with E-state index in [-0.39, 0.29) is 11.6 Å². The van der Waals surface area contributed by atoms with Gasteiger partial charge < -0.3 is 24.1 Å². The van der Waals surface area contributed by atoms with E-state index in [0.29, 0.717) is 46.6 Å². The fourth-order valence-corrected chi connectivity index (χ4v) is 7.77. The van der Waals surface area contributed by atoms with E-state index >= 15 is 0 Å². The van der Waals surface area contributed by atoms with Gasteiger partial charge in [0.1, 0.15) is 29.4 Å². The van der Waals surface area contributed by atoms with Crippen LogP contribution in [0.4, 0.5) is 11.6 Å². The smallest absolute Gasteiger partial charge is 0.171 e. The number of fused-ring (bicyclic) bond motifs is 2. The number of ketones is 2. The Kier molecular flexibility index (Phi) is 12.0. The van der Waals surface area contributed by atoms with Crippen LogP contribution >= 0.6 is 0 Å². The topological polar surface area (TPSA) is 122 Å². The molecule has 52 heavy (non-hydrogen) atoms. The first-order valence-corrected chi connectivity index (χ1v) is 22.9. The number of aromatic amines is 1. The van der Waals surface area contributed by atoms with Crippen molar-refractivity contribution in [2.45, 2.75) is 137 Å². The van der Waals surface area contributed by atoms with Gasteiger partial charge in [0.25, 0.3) is 0 Å². The third-order valence-corrected chi connectivity index (χ3v) is 12.2. The lowest BCUT2D eigenvalue weighted by atomic mass is 9.87. The van der Waals surface area contributed by atoms with Gasteiger partial charge in [0.05, 0.1) is 23.5 Å². The van der Waals surface area contributed by atoms with E-state index in [1.165, 1.54) is 51.4 Å². The molecule has 0 aromatic carbocycles. The molecule has 1 N–H and O–H groups in total. The summed E-state index contributed by atoms with van der Waals surface area (Å²) in [6.45, 7) is 19.8. The summed E-state index contributed by atoms with van der Waals surface area (Å²) < 4.78 is 7.89. The van der Waals surface area contributed by atoms with Gasteiger partial charge in [0.2, 0.25) is 0 Å². The highest BCUT2D eigenvalue weighted by atomic mass is 28.3. The Morgan fingerprint density at radius 1 is 0.808 bits per heavy atom. The second-order valence-corrected chi connectivity index (χ2v) is 23.8. The summed E-state index contributed by atoms with van der Waals surface area (Å²) in [6, 6.07) is 2.15. The van der Waals surface area contributed by atoms with E-state index in [1.54, 1.807) is 12.4 Å². The van der Waals surface area contributed by atoms with Crippen LogP contribution in [0.3, 0.4) is 0 Å². The Bertz CT molecular complexity index is 1850. The highest BCUT2D eigenvalue weighted by molar-refractivity contribution is 6.76. The maximum absolute atomic E-state index is 13.2. The number of nitrogens with one attached hydrogen (secondary N) is 1. The largest absolute Gasteiger partial charge is 0.361 e. The molecule has 0 saturated heterocycles.